The van der Waals surface area contributed by atoms with E-state index >= 15 is 0 Å². The zero-order chi connectivity index (χ0) is 35.4. The van der Waals surface area contributed by atoms with E-state index in [0.717, 1.165) is 0 Å². The van der Waals surface area contributed by atoms with Crippen molar-refractivity contribution in [2.45, 2.75) is 38.5 Å². The third-order valence-corrected chi connectivity index (χ3v) is 12.3. The van der Waals surface area contributed by atoms with Gasteiger partial charge in [0.15, 0.2) is 0 Å². The molecule has 1 aliphatic carbocycles. The summed E-state index contributed by atoms with van der Waals surface area (Å²) in [5.41, 5.74) is 18.1. The number of fused-ring (bicyclic) bond motifs is 7. The summed E-state index contributed by atoms with van der Waals surface area (Å²) < 4.78 is 0. The Morgan fingerprint density at radius 1 is 0.346 bits per heavy atom. The lowest BCUT2D eigenvalue weighted by molar-refractivity contribution is 0.629. The molecule has 1 heteroatoms. The average molecular weight is 668 g/mol. The van der Waals surface area contributed by atoms with Gasteiger partial charge in [-0.2, -0.15) is 0 Å². The summed E-state index contributed by atoms with van der Waals surface area (Å²) in [4.78, 5) is 2.38. The summed E-state index contributed by atoms with van der Waals surface area (Å²) in [6, 6.07) is 59.2. The molecule has 1 nitrogen and oxygen atoms in total. The van der Waals surface area contributed by atoms with E-state index in [9.17, 15) is 0 Å². The summed E-state index contributed by atoms with van der Waals surface area (Å²) in [7, 11) is 2.22. The van der Waals surface area contributed by atoms with Gasteiger partial charge in [0.2, 0.25) is 0 Å². The molecule has 0 saturated heterocycles. The zero-order valence-corrected chi connectivity index (χ0v) is 30.5. The van der Waals surface area contributed by atoms with E-state index in [4.69, 9.17) is 0 Å². The van der Waals surface area contributed by atoms with Crippen LogP contribution in [0.1, 0.15) is 49.9 Å². The van der Waals surface area contributed by atoms with E-state index in [1.54, 1.807) is 0 Å². The molecule has 0 bridgehead atoms. The van der Waals surface area contributed by atoms with Gasteiger partial charge in [-0.05, 0) is 113 Å². The van der Waals surface area contributed by atoms with Gasteiger partial charge in [-0.25, -0.2) is 0 Å². The summed E-state index contributed by atoms with van der Waals surface area (Å²) in [5.74, 6) is 0. The van der Waals surface area contributed by atoms with Crippen molar-refractivity contribution in [3.63, 3.8) is 0 Å². The fourth-order valence-corrected chi connectivity index (χ4v) is 9.53. The van der Waals surface area contributed by atoms with Crippen LogP contribution < -0.4 is 4.90 Å². The molecule has 0 fully saturated rings. The van der Waals surface area contributed by atoms with E-state index in [2.05, 4.69) is 197 Å². The molecule has 0 saturated carbocycles. The Balaban J connectivity index is 1.26. The van der Waals surface area contributed by atoms with Crippen molar-refractivity contribution in [2.24, 2.45) is 0 Å². The van der Waals surface area contributed by atoms with Gasteiger partial charge in [-0.1, -0.05) is 161 Å². The fraction of sp³-hybridized carbons (Fsp3) is 0.137. The molecule has 250 valence electrons. The average Bonchev–Trinajstić information content (AvgIpc) is 3.41. The minimum Gasteiger partial charge on any atom is -0.344 e. The first-order valence-corrected chi connectivity index (χ1v) is 18.5. The standard InChI is InChI=1S/C51H41N/c1-50(2)42-20-12-11-17-36(42)37-26-24-34(30-45(37)50)49-39-19-10-9-18-38(39)48(40-27-23-33(29-41(40)49)32-15-7-6-8-16-32)35-25-28-44-47(31-35)52(5)46-22-14-13-21-43(46)51(44,3)4/h6-31H,1-5H3. The van der Waals surface area contributed by atoms with Crippen LogP contribution in [0.25, 0.3) is 66.1 Å². The van der Waals surface area contributed by atoms with Crippen molar-refractivity contribution in [1.82, 2.24) is 0 Å². The molecular weight excluding hydrogens is 627 g/mol. The minimum atomic E-state index is -0.101. The number of anilines is 2. The first-order valence-electron chi connectivity index (χ1n) is 18.5. The maximum atomic E-state index is 2.48. The van der Waals surface area contributed by atoms with Gasteiger partial charge in [-0.15, -0.1) is 0 Å². The number of nitrogens with zero attached hydrogens (tertiary/aromatic N) is 1. The number of hydrogen-bond acceptors (Lipinski definition) is 1. The largest absolute Gasteiger partial charge is 0.344 e. The summed E-state index contributed by atoms with van der Waals surface area (Å²) in [5, 5.41) is 5.10. The maximum Gasteiger partial charge on any atom is 0.0455 e. The van der Waals surface area contributed by atoms with Crippen molar-refractivity contribution >= 4 is 32.9 Å². The van der Waals surface area contributed by atoms with Crippen molar-refractivity contribution in [2.75, 3.05) is 11.9 Å². The van der Waals surface area contributed by atoms with E-state index in [1.165, 1.54) is 99.7 Å². The second kappa shape index (κ2) is 11.0. The highest BCUT2D eigenvalue weighted by atomic mass is 15.1. The Labute approximate surface area is 306 Å². The minimum absolute atomic E-state index is 0.0791. The van der Waals surface area contributed by atoms with Crippen molar-refractivity contribution < 1.29 is 0 Å². The number of para-hydroxylation sites is 1. The predicted molar refractivity (Wildman–Crippen MR) is 222 cm³/mol. The molecule has 8 aromatic carbocycles. The Bertz CT molecular complexity index is 2750. The van der Waals surface area contributed by atoms with Crippen molar-refractivity contribution in [1.29, 1.82) is 0 Å². The molecule has 10 rings (SSSR count). The first kappa shape index (κ1) is 30.9. The molecule has 0 unspecified atom stereocenters. The van der Waals surface area contributed by atoms with Gasteiger partial charge in [0.25, 0.3) is 0 Å². The molecule has 0 N–H and O–H groups in total. The van der Waals surface area contributed by atoms with Crippen molar-refractivity contribution in [3.8, 4) is 44.5 Å². The Morgan fingerprint density at radius 2 is 0.885 bits per heavy atom. The fourth-order valence-electron chi connectivity index (χ4n) is 9.53. The van der Waals surface area contributed by atoms with Crippen LogP contribution in [0, 0.1) is 0 Å². The maximum absolute atomic E-state index is 2.48. The topological polar surface area (TPSA) is 3.24 Å². The number of benzene rings is 8. The molecule has 1 heterocycles. The normalized spacial score (nSPS) is 14.9. The van der Waals surface area contributed by atoms with Crippen LogP contribution in [0.15, 0.2) is 158 Å². The Hall–Kier alpha value is -5.92. The highest BCUT2D eigenvalue weighted by molar-refractivity contribution is 6.22. The molecule has 0 aromatic heterocycles. The van der Waals surface area contributed by atoms with E-state index < -0.39 is 0 Å². The van der Waals surface area contributed by atoms with Gasteiger partial charge >= 0.3 is 0 Å². The predicted octanol–water partition coefficient (Wildman–Crippen LogP) is 13.7. The highest BCUT2D eigenvalue weighted by Crippen LogP contribution is 2.53. The first-order chi connectivity index (χ1) is 25.2. The second-order valence-electron chi connectivity index (χ2n) is 15.8. The molecule has 1 aliphatic heterocycles. The molecule has 52 heavy (non-hydrogen) atoms. The Kier molecular flexibility index (Phi) is 6.55. The Morgan fingerprint density at radius 3 is 1.67 bits per heavy atom. The van der Waals surface area contributed by atoms with Gasteiger partial charge in [0, 0.05) is 29.3 Å². The summed E-state index contributed by atoms with van der Waals surface area (Å²) in [6.45, 7) is 9.47. The lowest BCUT2D eigenvalue weighted by Gasteiger charge is -2.40. The zero-order valence-electron chi connectivity index (χ0n) is 30.5. The molecule has 8 aromatic rings. The molecule has 2 aliphatic rings. The third kappa shape index (κ3) is 4.29. The lowest BCUT2D eigenvalue weighted by atomic mass is 9.73. The summed E-state index contributed by atoms with van der Waals surface area (Å²) in [6.07, 6.45) is 0. The van der Waals surface area contributed by atoms with E-state index in [-0.39, 0.29) is 10.8 Å². The van der Waals surface area contributed by atoms with Crippen molar-refractivity contribution in [3.05, 3.63) is 180 Å². The van der Waals surface area contributed by atoms with E-state index in [0.29, 0.717) is 0 Å². The van der Waals surface area contributed by atoms with Gasteiger partial charge in [0.1, 0.15) is 0 Å². The third-order valence-electron chi connectivity index (χ3n) is 12.3. The highest BCUT2D eigenvalue weighted by Gasteiger charge is 2.37. The quantitative estimate of drug-likeness (QED) is 0.170. The van der Waals surface area contributed by atoms with Crippen LogP contribution in [0.5, 0.6) is 0 Å². The van der Waals surface area contributed by atoms with Gasteiger partial charge < -0.3 is 4.90 Å². The molecule has 0 radical (unpaired) electrons. The smallest absolute Gasteiger partial charge is 0.0455 e. The van der Waals surface area contributed by atoms with Gasteiger partial charge in [0.05, 0.1) is 0 Å². The summed E-state index contributed by atoms with van der Waals surface area (Å²) >= 11 is 0. The number of hydrogen-bond donors (Lipinski definition) is 0. The molecule has 0 amide bonds. The lowest BCUT2D eigenvalue weighted by Crippen LogP contribution is -2.30. The van der Waals surface area contributed by atoms with Crippen LogP contribution in [-0.4, -0.2) is 7.05 Å². The van der Waals surface area contributed by atoms with Crippen LogP contribution >= 0.6 is 0 Å². The van der Waals surface area contributed by atoms with Crippen LogP contribution in [0.3, 0.4) is 0 Å². The SMILES string of the molecule is CN1c2ccccc2C(C)(C)c2ccc(-c3c4ccccc4c(-c4ccc5c(c4)C(C)(C)c4ccccc4-5)c4cc(-c5ccccc5)ccc34)cc21. The molecule has 0 spiro atoms. The number of rotatable bonds is 3. The van der Waals surface area contributed by atoms with Crippen LogP contribution in [0.2, 0.25) is 0 Å². The molecular formula is C51H41N. The molecule has 0 atom stereocenters. The second-order valence-corrected chi connectivity index (χ2v) is 15.8. The van der Waals surface area contributed by atoms with Crippen LogP contribution in [-0.2, 0) is 10.8 Å². The van der Waals surface area contributed by atoms with Crippen LogP contribution in [0.4, 0.5) is 11.4 Å². The monoisotopic (exact) mass is 667 g/mol. The van der Waals surface area contributed by atoms with E-state index in [1.807, 2.05) is 0 Å². The van der Waals surface area contributed by atoms with Gasteiger partial charge in [-0.3, -0.25) is 0 Å².